The molecular weight excluding hydrogens is 226 g/mol. The standard InChI is InChI=1S/C15H25NO2/c1-12-6-5-7-13(2)14(12)8-16(4)9-15(3,10-17)11-18/h5-7,17-18H,8-11H2,1-4H3. The molecule has 3 nitrogen and oxygen atoms in total. The lowest BCUT2D eigenvalue weighted by atomic mass is 9.92. The van der Waals surface area contributed by atoms with Gasteiger partial charge in [-0.1, -0.05) is 25.1 Å². The summed E-state index contributed by atoms with van der Waals surface area (Å²) in [6.45, 7) is 7.65. The van der Waals surface area contributed by atoms with Crippen molar-refractivity contribution in [1.29, 1.82) is 0 Å². The summed E-state index contributed by atoms with van der Waals surface area (Å²) in [5.41, 5.74) is 3.47. The second-order valence-electron chi connectivity index (χ2n) is 5.67. The molecular formula is C15H25NO2. The summed E-state index contributed by atoms with van der Waals surface area (Å²) in [6, 6.07) is 6.31. The number of hydrogen-bond acceptors (Lipinski definition) is 3. The molecule has 0 aliphatic carbocycles. The van der Waals surface area contributed by atoms with Crippen molar-refractivity contribution in [2.24, 2.45) is 5.41 Å². The van der Waals surface area contributed by atoms with Gasteiger partial charge in [0, 0.05) is 18.5 Å². The molecule has 102 valence electrons. The van der Waals surface area contributed by atoms with Gasteiger partial charge >= 0.3 is 0 Å². The molecule has 0 heterocycles. The van der Waals surface area contributed by atoms with E-state index in [4.69, 9.17) is 0 Å². The highest BCUT2D eigenvalue weighted by atomic mass is 16.3. The Bertz CT molecular complexity index is 366. The number of hydrogen-bond donors (Lipinski definition) is 2. The Morgan fingerprint density at radius 2 is 1.61 bits per heavy atom. The van der Waals surface area contributed by atoms with Crippen molar-refractivity contribution in [3.63, 3.8) is 0 Å². The SMILES string of the molecule is Cc1cccc(C)c1CN(C)CC(C)(CO)CO. The summed E-state index contributed by atoms with van der Waals surface area (Å²) < 4.78 is 0. The zero-order chi connectivity index (χ0) is 13.8. The number of aliphatic hydroxyl groups excluding tert-OH is 2. The maximum Gasteiger partial charge on any atom is 0.0519 e. The van der Waals surface area contributed by atoms with Crippen LogP contribution in [0.3, 0.4) is 0 Å². The third-order valence-electron chi connectivity index (χ3n) is 3.49. The van der Waals surface area contributed by atoms with Crippen LogP contribution in [0.2, 0.25) is 0 Å². The summed E-state index contributed by atoms with van der Waals surface area (Å²) >= 11 is 0. The summed E-state index contributed by atoms with van der Waals surface area (Å²) in [5, 5.41) is 18.6. The molecule has 0 spiro atoms. The van der Waals surface area contributed by atoms with Crippen LogP contribution >= 0.6 is 0 Å². The Labute approximate surface area is 110 Å². The number of rotatable bonds is 6. The van der Waals surface area contributed by atoms with E-state index in [1.807, 2.05) is 14.0 Å². The molecule has 2 N–H and O–H groups in total. The molecule has 0 atom stereocenters. The zero-order valence-electron chi connectivity index (χ0n) is 11.9. The van der Waals surface area contributed by atoms with E-state index in [-0.39, 0.29) is 13.2 Å². The van der Waals surface area contributed by atoms with Crippen LogP contribution in [0, 0.1) is 19.3 Å². The lowest BCUT2D eigenvalue weighted by Gasteiger charge is -2.31. The van der Waals surface area contributed by atoms with Crippen molar-refractivity contribution in [1.82, 2.24) is 4.90 Å². The topological polar surface area (TPSA) is 43.7 Å². The molecule has 1 rings (SSSR count). The monoisotopic (exact) mass is 251 g/mol. The van der Waals surface area contributed by atoms with Gasteiger partial charge in [0.05, 0.1) is 13.2 Å². The third kappa shape index (κ3) is 3.80. The highest BCUT2D eigenvalue weighted by Crippen LogP contribution is 2.19. The Morgan fingerprint density at radius 3 is 2.06 bits per heavy atom. The second kappa shape index (κ2) is 6.32. The third-order valence-corrected chi connectivity index (χ3v) is 3.49. The van der Waals surface area contributed by atoms with Crippen molar-refractivity contribution in [3.05, 3.63) is 34.9 Å². The Hall–Kier alpha value is -0.900. The van der Waals surface area contributed by atoms with Crippen molar-refractivity contribution < 1.29 is 10.2 Å². The van der Waals surface area contributed by atoms with E-state index < -0.39 is 5.41 Å². The van der Waals surface area contributed by atoms with Crippen LogP contribution in [0.1, 0.15) is 23.6 Å². The van der Waals surface area contributed by atoms with Crippen molar-refractivity contribution in [2.75, 3.05) is 26.8 Å². The predicted octanol–water partition coefficient (Wildman–Crippen LogP) is 1.73. The van der Waals surface area contributed by atoms with E-state index >= 15 is 0 Å². The van der Waals surface area contributed by atoms with Crippen LogP contribution in [0.25, 0.3) is 0 Å². The normalized spacial score (nSPS) is 12.2. The molecule has 0 fully saturated rings. The Morgan fingerprint density at radius 1 is 1.11 bits per heavy atom. The van der Waals surface area contributed by atoms with Crippen LogP contribution in [0.4, 0.5) is 0 Å². The number of benzene rings is 1. The smallest absolute Gasteiger partial charge is 0.0519 e. The van der Waals surface area contributed by atoms with Crippen LogP contribution in [-0.4, -0.2) is 41.9 Å². The lowest BCUT2D eigenvalue weighted by Crippen LogP contribution is -2.38. The van der Waals surface area contributed by atoms with E-state index in [0.29, 0.717) is 6.54 Å². The molecule has 0 saturated carbocycles. The molecule has 0 saturated heterocycles. The van der Waals surface area contributed by atoms with Gasteiger partial charge in [-0.3, -0.25) is 0 Å². The summed E-state index contributed by atoms with van der Waals surface area (Å²) in [5.74, 6) is 0. The van der Waals surface area contributed by atoms with Gasteiger partial charge in [-0.15, -0.1) is 0 Å². The molecule has 0 amide bonds. The van der Waals surface area contributed by atoms with Gasteiger partial charge in [-0.2, -0.15) is 0 Å². The average Bonchev–Trinajstić information content (AvgIpc) is 2.34. The first kappa shape index (κ1) is 15.2. The molecule has 0 bridgehead atoms. The van der Waals surface area contributed by atoms with E-state index in [1.54, 1.807) is 0 Å². The molecule has 0 unspecified atom stereocenters. The molecule has 1 aromatic rings. The lowest BCUT2D eigenvalue weighted by molar-refractivity contribution is 0.0401. The summed E-state index contributed by atoms with van der Waals surface area (Å²) in [7, 11) is 2.02. The van der Waals surface area contributed by atoms with Crippen LogP contribution in [0.5, 0.6) is 0 Å². The quantitative estimate of drug-likeness (QED) is 0.809. The van der Waals surface area contributed by atoms with Crippen molar-refractivity contribution >= 4 is 0 Å². The highest BCUT2D eigenvalue weighted by molar-refractivity contribution is 5.33. The minimum Gasteiger partial charge on any atom is -0.396 e. The summed E-state index contributed by atoms with van der Waals surface area (Å²) in [6.07, 6.45) is 0. The van der Waals surface area contributed by atoms with Gasteiger partial charge in [0.25, 0.3) is 0 Å². The molecule has 1 aromatic carbocycles. The van der Waals surface area contributed by atoms with Crippen LogP contribution in [-0.2, 0) is 6.54 Å². The largest absolute Gasteiger partial charge is 0.396 e. The highest BCUT2D eigenvalue weighted by Gasteiger charge is 2.24. The van der Waals surface area contributed by atoms with Gasteiger partial charge in [-0.05, 0) is 37.6 Å². The second-order valence-corrected chi connectivity index (χ2v) is 5.67. The molecule has 18 heavy (non-hydrogen) atoms. The van der Waals surface area contributed by atoms with Crippen molar-refractivity contribution in [2.45, 2.75) is 27.3 Å². The van der Waals surface area contributed by atoms with Gasteiger partial charge < -0.3 is 15.1 Å². The van der Waals surface area contributed by atoms with Gasteiger partial charge in [0.15, 0.2) is 0 Å². The van der Waals surface area contributed by atoms with Gasteiger partial charge in [-0.25, -0.2) is 0 Å². The molecule has 0 radical (unpaired) electrons. The fourth-order valence-corrected chi connectivity index (χ4v) is 2.23. The van der Waals surface area contributed by atoms with E-state index in [9.17, 15) is 10.2 Å². The maximum atomic E-state index is 9.32. The fourth-order valence-electron chi connectivity index (χ4n) is 2.23. The molecule has 0 aliphatic heterocycles. The first-order valence-electron chi connectivity index (χ1n) is 6.37. The van der Waals surface area contributed by atoms with E-state index in [0.717, 1.165) is 6.54 Å². The van der Waals surface area contributed by atoms with Crippen LogP contribution < -0.4 is 0 Å². The first-order valence-corrected chi connectivity index (χ1v) is 6.37. The Kier molecular flexibility index (Phi) is 5.32. The minimum absolute atomic E-state index is 0.000589. The first-order chi connectivity index (χ1) is 8.41. The Balaban J connectivity index is 2.73. The molecule has 0 aromatic heterocycles. The fraction of sp³-hybridized carbons (Fsp3) is 0.600. The van der Waals surface area contributed by atoms with Crippen molar-refractivity contribution in [3.8, 4) is 0 Å². The van der Waals surface area contributed by atoms with Gasteiger partial charge in [0.2, 0.25) is 0 Å². The van der Waals surface area contributed by atoms with E-state index in [2.05, 4.69) is 36.9 Å². The van der Waals surface area contributed by atoms with Crippen LogP contribution in [0.15, 0.2) is 18.2 Å². The number of aliphatic hydroxyl groups is 2. The summed E-state index contributed by atoms with van der Waals surface area (Å²) in [4.78, 5) is 2.15. The molecule has 0 aliphatic rings. The number of nitrogens with zero attached hydrogens (tertiary/aromatic N) is 1. The predicted molar refractivity (Wildman–Crippen MR) is 74.5 cm³/mol. The molecule has 3 heteroatoms. The van der Waals surface area contributed by atoms with E-state index in [1.165, 1.54) is 16.7 Å². The van der Waals surface area contributed by atoms with Gasteiger partial charge in [0.1, 0.15) is 0 Å². The number of aryl methyl sites for hydroxylation is 2. The average molecular weight is 251 g/mol. The maximum absolute atomic E-state index is 9.32. The minimum atomic E-state index is -0.439. The zero-order valence-corrected chi connectivity index (χ0v) is 11.9.